The van der Waals surface area contributed by atoms with Crippen LogP contribution in [0.1, 0.15) is 35.6 Å². The first kappa shape index (κ1) is 16.3. The molecule has 1 fully saturated rings. The fraction of sp³-hybridized carbons (Fsp3) is 0.600. The third-order valence-electron chi connectivity index (χ3n) is 4.38. The Kier molecular flexibility index (Phi) is 4.91. The summed E-state index contributed by atoms with van der Waals surface area (Å²) in [6, 6.07) is 3.95. The summed E-state index contributed by atoms with van der Waals surface area (Å²) in [6.07, 6.45) is 1.42. The molecule has 1 saturated heterocycles. The maximum Gasteiger partial charge on any atom is 0.150 e. The van der Waals surface area contributed by atoms with Gasteiger partial charge in [0.1, 0.15) is 5.75 Å². The van der Waals surface area contributed by atoms with Crippen LogP contribution >= 0.6 is 0 Å². The lowest BCUT2D eigenvalue weighted by molar-refractivity contribution is 0.376. The summed E-state index contributed by atoms with van der Waals surface area (Å²) in [4.78, 5) is 0. The van der Waals surface area contributed by atoms with Crippen molar-refractivity contribution in [3.63, 3.8) is 0 Å². The number of ether oxygens (including phenoxy) is 1. The first-order valence-electron chi connectivity index (χ1n) is 7.18. The predicted molar refractivity (Wildman–Crippen MR) is 83.9 cm³/mol. The molecular weight excluding hydrogens is 288 g/mol. The molecule has 5 nitrogen and oxygen atoms in total. The molecule has 2 atom stereocenters. The van der Waals surface area contributed by atoms with Gasteiger partial charge in [0.15, 0.2) is 9.84 Å². The third kappa shape index (κ3) is 3.56. The van der Waals surface area contributed by atoms with Gasteiger partial charge in [0.25, 0.3) is 0 Å². The average molecular weight is 312 g/mol. The lowest BCUT2D eigenvalue weighted by Crippen LogP contribution is -2.30. The molecule has 2 unspecified atom stereocenters. The Labute approximate surface area is 126 Å². The highest BCUT2D eigenvalue weighted by molar-refractivity contribution is 7.91. The Bertz CT molecular complexity index is 614. The average Bonchev–Trinajstić information content (AvgIpc) is 2.78. The fourth-order valence-electron chi connectivity index (χ4n) is 3.03. The van der Waals surface area contributed by atoms with Crippen LogP contribution in [0.25, 0.3) is 0 Å². The molecule has 0 saturated carbocycles. The van der Waals surface area contributed by atoms with Crippen molar-refractivity contribution in [2.75, 3.05) is 18.6 Å². The van der Waals surface area contributed by atoms with E-state index in [4.69, 9.17) is 10.6 Å². The summed E-state index contributed by atoms with van der Waals surface area (Å²) in [5.41, 5.74) is 6.07. The number of hydrogen-bond acceptors (Lipinski definition) is 5. The van der Waals surface area contributed by atoms with Gasteiger partial charge in [0.2, 0.25) is 0 Å². The van der Waals surface area contributed by atoms with E-state index in [1.807, 2.05) is 26.0 Å². The second-order valence-corrected chi connectivity index (χ2v) is 8.08. The zero-order valence-corrected chi connectivity index (χ0v) is 13.7. The van der Waals surface area contributed by atoms with Crippen molar-refractivity contribution >= 4 is 9.84 Å². The minimum Gasteiger partial charge on any atom is -0.496 e. The first-order chi connectivity index (χ1) is 9.88. The predicted octanol–water partition coefficient (Wildman–Crippen LogP) is 1.64. The SMILES string of the molecule is COc1c(C(CC2CCS(=O)(=O)C2)NN)ccc(C)c1C. The van der Waals surface area contributed by atoms with Gasteiger partial charge in [-0.2, -0.15) is 0 Å². The van der Waals surface area contributed by atoms with Crippen LogP contribution in [0.5, 0.6) is 5.75 Å². The molecule has 0 aliphatic carbocycles. The number of hydrogen-bond donors (Lipinski definition) is 2. The van der Waals surface area contributed by atoms with Gasteiger partial charge in [0, 0.05) is 11.6 Å². The van der Waals surface area contributed by atoms with Crippen LogP contribution in [0, 0.1) is 19.8 Å². The van der Waals surface area contributed by atoms with E-state index in [2.05, 4.69) is 5.43 Å². The molecule has 1 heterocycles. The van der Waals surface area contributed by atoms with Gasteiger partial charge >= 0.3 is 0 Å². The molecule has 118 valence electrons. The summed E-state index contributed by atoms with van der Waals surface area (Å²) < 4.78 is 28.7. The Morgan fingerprint density at radius 2 is 2.14 bits per heavy atom. The summed E-state index contributed by atoms with van der Waals surface area (Å²) in [7, 11) is -1.21. The monoisotopic (exact) mass is 312 g/mol. The number of rotatable bonds is 5. The number of methoxy groups -OCH3 is 1. The summed E-state index contributed by atoms with van der Waals surface area (Å²) in [6.45, 7) is 4.06. The quantitative estimate of drug-likeness (QED) is 0.638. The van der Waals surface area contributed by atoms with Crippen molar-refractivity contribution in [3.05, 3.63) is 28.8 Å². The number of benzene rings is 1. The standard InChI is InChI=1S/C15H24N2O3S/c1-10-4-5-13(15(20-3)11(10)2)14(17-16)8-12-6-7-21(18,19)9-12/h4-5,12,14,17H,6-9,16H2,1-3H3. The van der Waals surface area contributed by atoms with Gasteiger partial charge in [-0.15, -0.1) is 0 Å². The zero-order valence-electron chi connectivity index (χ0n) is 12.8. The number of nitrogens with one attached hydrogen (secondary N) is 1. The van der Waals surface area contributed by atoms with Crippen molar-refractivity contribution in [2.45, 2.75) is 32.7 Å². The van der Waals surface area contributed by atoms with E-state index >= 15 is 0 Å². The molecule has 1 aromatic rings. The number of sulfone groups is 1. The molecule has 0 bridgehead atoms. The summed E-state index contributed by atoms with van der Waals surface area (Å²) >= 11 is 0. The Balaban J connectivity index is 2.24. The van der Waals surface area contributed by atoms with Crippen LogP contribution in [0.2, 0.25) is 0 Å². The Morgan fingerprint density at radius 1 is 1.43 bits per heavy atom. The van der Waals surface area contributed by atoms with Crippen molar-refractivity contribution in [1.29, 1.82) is 0 Å². The van der Waals surface area contributed by atoms with Crippen LogP contribution in [0.15, 0.2) is 12.1 Å². The molecule has 3 N–H and O–H groups in total. The van der Waals surface area contributed by atoms with Gasteiger partial charge in [-0.25, -0.2) is 8.42 Å². The third-order valence-corrected chi connectivity index (χ3v) is 6.22. The highest BCUT2D eigenvalue weighted by atomic mass is 32.2. The summed E-state index contributed by atoms with van der Waals surface area (Å²) in [5.74, 6) is 7.25. The highest BCUT2D eigenvalue weighted by Crippen LogP contribution is 2.35. The number of nitrogens with two attached hydrogens (primary N) is 1. The van der Waals surface area contributed by atoms with Gasteiger partial charge in [0.05, 0.1) is 18.6 Å². The number of aryl methyl sites for hydroxylation is 1. The lowest BCUT2D eigenvalue weighted by Gasteiger charge is -2.23. The molecule has 0 radical (unpaired) electrons. The molecule has 0 amide bonds. The van der Waals surface area contributed by atoms with E-state index in [0.29, 0.717) is 18.6 Å². The molecule has 21 heavy (non-hydrogen) atoms. The van der Waals surface area contributed by atoms with Crippen LogP contribution < -0.4 is 16.0 Å². The number of hydrazine groups is 1. The molecule has 1 aromatic carbocycles. The van der Waals surface area contributed by atoms with Gasteiger partial charge in [-0.1, -0.05) is 12.1 Å². The van der Waals surface area contributed by atoms with Gasteiger partial charge < -0.3 is 4.74 Å². The molecule has 1 aliphatic heterocycles. The van der Waals surface area contributed by atoms with E-state index in [1.165, 1.54) is 0 Å². The van der Waals surface area contributed by atoms with Crippen LogP contribution in [-0.4, -0.2) is 27.0 Å². The maximum atomic E-state index is 11.6. The van der Waals surface area contributed by atoms with E-state index in [9.17, 15) is 8.42 Å². The maximum absolute atomic E-state index is 11.6. The zero-order chi connectivity index (χ0) is 15.6. The smallest absolute Gasteiger partial charge is 0.150 e. The molecule has 0 spiro atoms. The minimum absolute atomic E-state index is 0.0995. The van der Waals surface area contributed by atoms with Crippen molar-refractivity contribution in [3.8, 4) is 5.75 Å². The molecule has 6 heteroatoms. The largest absolute Gasteiger partial charge is 0.496 e. The van der Waals surface area contributed by atoms with E-state index in [0.717, 1.165) is 22.4 Å². The van der Waals surface area contributed by atoms with E-state index < -0.39 is 9.84 Å². The van der Waals surface area contributed by atoms with Crippen molar-refractivity contribution < 1.29 is 13.2 Å². The van der Waals surface area contributed by atoms with E-state index in [1.54, 1.807) is 7.11 Å². The van der Waals surface area contributed by atoms with Gasteiger partial charge in [-0.3, -0.25) is 11.3 Å². The van der Waals surface area contributed by atoms with Crippen LogP contribution in [0.3, 0.4) is 0 Å². The second kappa shape index (κ2) is 6.34. The minimum atomic E-state index is -2.86. The lowest BCUT2D eigenvalue weighted by atomic mass is 9.92. The second-order valence-electron chi connectivity index (χ2n) is 5.85. The molecule has 2 rings (SSSR count). The van der Waals surface area contributed by atoms with Crippen molar-refractivity contribution in [1.82, 2.24) is 5.43 Å². The Morgan fingerprint density at radius 3 is 2.67 bits per heavy atom. The normalized spacial score (nSPS) is 22.2. The van der Waals surface area contributed by atoms with E-state index in [-0.39, 0.29) is 17.7 Å². The first-order valence-corrected chi connectivity index (χ1v) is 9.00. The fourth-order valence-corrected chi connectivity index (χ4v) is 4.91. The van der Waals surface area contributed by atoms with Crippen molar-refractivity contribution in [2.24, 2.45) is 11.8 Å². The highest BCUT2D eigenvalue weighted by Gasteiger charge is 2.31. The molecule has 1 aliphatic rings. The topological polar surface area (TPSA) is 81.4 Å². The van der Waals surface area contributed by atoms with Crippen LogP contribution in [0.4, 0.5) is 0 Å². The summed E-state index contributed by atoms with van der Waals surface area (Å²) in [5, 5.41) is 0. The van der Waals surface area contributed by atoms with Gasteiger partial charge in [-0.05, 0) is 43.7 Å². The Hall–Kier alpha value is -1.11. The van der Waals surface area contributed by atoms with Crippen LogP contribution in [-0.2, 0) is 9.84 Å². The molecule has 0 aromatic heterocycles. The molecular formula is C15H24N2O3S.